The molecule has 0 aliphatic carbocycles. The van der Waals surface area contributed by atoms with Gasteiger partial charge >= 0.3 is 24.5 Å². The molecule has 0 saturated carbocycles. The predicted octanol–water partition coefficient (Wildman–Crippen LogP) is 4.46. The fourth-order valence-electron chi connectivity index (χ4n) is 2.98. The maximum absolute atomic E-state index is 12.9. The highest BCUT2D eigenvalue weighted by atomic mass is 19.4. The van der Waals surface area contributed by atoms with Crippen molar-refractivity contribution in [3.05, 3.63) is 34.9 Å². The molecular formula is C18H17F9N2O3. The molecule has 1 aromatic rings. The van der Waals surface area contributed by atoms with Crippen LogP contribution in [0.2, 0.25) is 0 Å². The van der Waals surface area contributed by atoms with Gasteiger partial charge in [0.05, 0.1) is 11.1 Å². The SMILES string of the molecule is CC1(C(=O)NCc2cc(C(F)(F)F)cc(C(F)(F)F)c2)CCN(OC(=O)C(F)(F)F)CC1. The van der Waals surface area contributed by atoms with Gasteiger partial charge in [-0.25, -0.2) is 4.79 Å². The van der Waals surface area contributed by atoms with E-state index in [1.807, 2.05) is 0 Å². The quantitative estimate of drug-likeness (QED) is 0.647. The molecule has 5 nitrogen and oxygen atoms in total. The van der Waals surface area contributed by atoms with Crippen LogP contribution in [0.3, 0.4) is 0 Å². The first-order valence-electron chi connectivity index (χ1n) is 9.02. The van der Waals surface area contributed by atoms with Gasteiger partial charge in [-0.3, -0.25) is 4.79 Å². The number of amides is 1. The van der Waals surface area contributed by atoms with Gasteiger partial charge in [0.1, 0.15) is 0 Å². The summed E-state index contributed by atoms with van der Waals surface area (Å²) in [6.07, 6.45) is -15.4. The summed E-state index contributed by atoms with van der Waals surface area (Å²) in [5.74, 6) is -3.14. The minimum absolute atomic E-state index is 0.0371. The highest BCUT2D eigenvalue weighted by Gasteiger charge is 2.44. The van der Waals surface area contributed by atoms with Gasteiger partial charge in [-0.1, -0.05) is 6.92 Å². The number of carbonyl (C=O) groups is 2. The summed E-state index contributed by atoms with van der Waals surface area (Å²) in [5.41, 5.74) is -4.67. The number of hydroxylamine groups is 2. The van der Waals surface area contributed by atoms with E-state index >= 15 is 0 Å². The average molecular weight is 480 g/mol. The maximum atomic E-state index is 12.9. The summed E-state index contributed by atoms with van der Waals surface area (Å²) < 4.78 is 114. The van der Waals surface area contributed by atoms with E-state index in [0.717, 1.165) is 5.06 Å². The van der Waals surface area contributed by atoms with Gasteiger partial charge in [0.25, 0.3) is 0 Å². The van der Waals surface area contributed by atoms with Crippen LogP contribution in [0.25, 0.3) is 0 Å². The van der Waals surface area contributed by atoms with E-state index in [9.17, 15) is 49.1 Å². The van der Waals surface area contributed by atoms with E-state index < -0.39 is 59.1 Å². The number of nitrogens with one attached hydrogen (secondary N) is 1. The third-order valence-electron chi connectivity index (χ3n) is 4.92. The lowest BCUT2D eigenvalue weighted by molar-refractivity contribution is -0.243. The molecule has 1 heterocycles. The first-order chi connectivity index (χ1) is 14.4. The zero-order valence-electron chi connectivity index (χ0n) is 16.3. The number of rotatable bonds is 4. The Labute approximate surface area is 175 Å². The van der Waals surface area contributed by atoms with Crippen molar-refractivity contribution in [3.63, 3.8) is 0 Å². The lowest BCUT2D eigenvalue weighted by atomic mass is 9.80. The van der Waals surface area contributed by atoms with E-state index in [1.165, 1.54) is 6.92 Å². The Morgan fingerprint density at radius 3 is 1.81 bits per heavy atom. The Hall–Kier alpha value is -2.51. The molecule has 2 rings (SSSR count). The Morgan fingerprint density at radius 1 is 0.938 bits per heavy atom. The lowest BCUT2D eigenvalue weighted by Crippen LogP contribution is -2.48. The normalized spacial score (nSPS) is 17.7. The third kappa shape index (κ3) is 6.50. The van der Waals surface area contributed by atoms with Crippen molar-refractivity contribution >= 4 is 11.9 Å². The van der Waals surface area contributed by atoms with Gasteiger partial charge in [-0.15, -0.1) is 5.06 Å². The smallest absolute Gasteiger partial charge is 0.361 e. The first-order valence-corrected chi connectivity index (χ1v) is 9.02. The van der Waals surface area contributed by atoms with Crippen molar-refractivity contribution in [3.8, 4) is 0 Å². The number of hydrogen-bond donors (Lipinski definition) is 1. The molecule has 1 aliphatic heterocycles. The Kier molecular flexibility index (Phi) is 7.07. The second-order valence-electron chi connectivity index (χ2n) is 7.46. The molecule has 1 N–H and O–H groups in total. The molecular weight excluding hydrogens is 463 g/mol. The summed E-state index contributed by atoms with van der Waals surface area (Å²) in [5, 5.41) is 3.00. The van der Waals surface area contributed by atoms with Crippen LogP contribution in [0, 0.1) is 5.41 Å². The van der Waals surface area contributed by atoms with Crippen LogP contribution in [0.1, 0.15) is 36.5 Å². The number of benzene rings is 1. The molecule has 0 spiro atoms. The fourth-order valence-corrected chi connectivity index (χ4v) is 2.98. The molecule has 1 aliphatic rings. The summed E-state index contributed by atoms with van der Waals surface area (Å²) in [7, 11) is 0. The van der Waals surface area contributed by atoms with Crippen molar-refractivity contribution < 1.29 is 53.9 Å². The molecule has 14 heteroatoms. The minimum Gasteiger partial charge on any atom is -0.361 e. The topological polar surface area (TPSA) is 58.6 Å². The van der Waals surface area contributed by atoms with Gasteiger partial charge in [0, 0.05) is 25.0 Å². The van der Waals surface area contributed by atoms with Crippen molar-refractivity contribution in [1.29, 1.82) is 0 Å². The summed E-state index contributed by atoms with van der Waals surface area (Å²) in [4.78, 5) is 27.5. The summed E-state index contributed by atoms with van der Waals surface area (Å²) in [6, 6.07) is 0.929. The zero-order chi connectivity index (χ0) is 24.5. The molecule has 0 bridgehead atoms. The number of nitrogens with zero attached hydrogens (tertiary/aromatic N) is 1. The van der Waals surface area contributed by atoms with Gasteiger partial charge in [-0.2, -0.15) is 39.5 Å². The predicted molar refractivity (Wildman–Crippen MR) is 89.4 cm³/mol. The molecule has 0 radical (unpaired) electrons. The maximum Gasteiger partial charge on any atom is 0.492 e. The summed E-state index contributed by atoms with van der Waals surface area (Å²) in [6.45, 7) is 0.341. The van der Waals surface area contributed by atoms with Crippen LogP contribution in [-0.4, -0.2) is 36.2 Å². The van der Waals surface area contributed by atoms with Crippen molar-refractivity contribution in [2.24, 2.45) is 5.41 Å². The number of piperidine rings is 1. The van der Waals surface area contributed by atoms with E-state index in [-0.39, 0.29) is 32.0 Å². The van der Waals surface area contributed by atoms with Gasteiger partial charge in [-0.05, 0) is 36.6 Å². The van der Waals surface area contributed by atoms with Gasteiger partial charge in [0.15, 0.2) is 0 Å². The number of carbonyl (C=O) groups excluding carboxylic acids is 2. The largest absolute Gasteiger partial charge is 0.492 e. The van der Waals surface area contributed by atoms with Crippen molar-refractivity contribution in [2.45, 2.75) is 44.8 Å². The molecule has 180 valence electrons. The van der Waals surface area contributed by atoms with Crippen LogP contribution in [0.5, 0.6) is 0 Å². The number of halogens is 9. The average Bonchev–Trinajstić information content (AvgIpc) is 2.65. The second-order valence-corrected chi connectivity index (χ2v) is 7.46. The van der Waals surface area contributed by atoms with Crippen LogP contribution < -0.4 is 5.32 Å². The van der Waals surface area contributed by atoms with Crippen molar-refractivity contribution in [2.75, 3.05) is 13.1 Å². The number of alkyl halides is 9. The van der Waals surface area contributed by atoms with Gasteiger partial charge in [0.2, 0.25) is 5.91 Å². The van der Waals surface area contributed by atoms with Crippen LogP contribution in [0.15, 0.2) is 18.2 Å². The minimum atomic E-state index is -5.20. The lowest BCUT2D eigenvalue weighted by Gasteiger charge is -2.37. The molecule has 0 atom stereocenters. The molecule has 1 saturated heterocycles. The molecule has 1 fully saturated rings. The number of hydrogen-bond acceptors (Lipinski definition) is 4. The molecule has 0 unspecified atom stereocenters. The molecule has 1 aromatic carbocycles. The zero-order valence-corrected chi connectivity index (χ0v) is 16.3. The molecule has 0 aromatic heterocycles. The van der Waals surface area contributed by atoms with E-state index in [1.54, 1.807) is 0 Å². The van der Waals surface area contributed by atoms with Crippen LogP contribution in [-0.2, 0) is 33.3 Å². The second kappa shape index (κ2) is 8.79. The Bertz CT molecular complexity index is 822. The van der Waals surface area contributed by atoms with E-state index in [2.05, 4.69) is 10.2 Å². The van der Waals surface area contributed by atoms with Crippen molar-refractivity contribution in [1.82, 2.24) is 10.4 Å². The fraction of sp³-hybridized carbons (Fsp3) is 0.556. The van der Waals surface area contributed by atoms with Gasteiger partial charge < -0.3 is 10.2 Å². The Balaban J connectivity index is 2.04. The van der Waals surface area contributed by atoms with E-state index in [4.69, 9.17) is 0 Å². The molecule has 32 heavy (non-hydrogen) atoms. The van der Waals surface area contributed by atoms with E-state index in [0.29, 0.717) is 12.1 Å². The first kappa shape index (κ1) is 25.7. The monoisotopic (exact) mass is 480 g/mol. The highest BCUT2D eigenvalue weighted by molar-refractivity contribution is 5.82. The Morgan fingerprint density at radius 2 is 1.41 bits per heavy atom. The third-order valence-corrected chi connectivity index (χ3v) is 4.92. The van der Waals surface area contributed by atoms with Crippen LogP contribution in [0.4, 0.5) is 39.5 Å². The highest BCUT2D eigenvalue weighted by Crippen LogP contribution is 2.37. The summed E-state index contributed by atoms with van der Waals surface area (Å²) >= 11 is 0. The standard InChI is InChI=1S/C18H17F9N2O3/c1-15(2-4-29(5-3-15)32-14(31)18(25,26)27)13(30)28-9-10-6-11(16(19,20)21)8-12(7-10)17(22,23)24/h6-8H,2-5,9H2,1H3,(H,28,30). The molecule has 1 amide bonds. The van der Waals surface area contributed by atoms with Crippen LogP contribution >= 0.6 is 0 Å².